The van der Waals surface area contributed by atoms with Gasteiger partial charge in [-0.1, -0.05) is 6.42 Å². The predicted octanol–water partition coefficient (Wildman–Crippen LogP) is 2.47. The minimum absolute atomic E-state index is 0.506. The summed E-state index contributed by atoms with van der Waals surface area (Å²) >= 11 is 0. The normalized spacial score (nSPS) is 16.7. The van der Waals surface area contributed by atoms with Crippen molar-refractivity contribution in [2.24, 2.45) is 0 Å². The zero-order chi connectivity index (χ0) is 18.5. The zero-order valence-electron chi connectivity index (χ0n) is 15.4. The Morgan fingerprint density at radius 2 is 1.78 bits per heavy atom. The van der Waals surface area contributed by atoms with Crippen molar-refractivity contribution >= 4 is 23.0 Å². The maximum absolute atomic E-state index is 6.27. The van der Waals surface area contributed by atoms with Crippen molar-refractivity contribution in [2.45, 2.75) is 19.3 Å². The highest BCUT2D eigenvalue weighted by Crippen LogP contribution is 2.34. The van der Waals surface area contributed by atoms with Gasteiger partial charge in [0.2, 0.25) is 0 Å². The highest BCUT2D eigenvalue weighted by atomic mass is 16.6. The van der Waals surface area contributed by atoms with Gasteiger partial charge < -0.3 is 30.7 Å². The number of nitrogens with zero attached hydrogens (tertiary/aromatic N) is 3. The molecule has 4 rings (SSSR count). The third-order valence-corrected chi connectivity index (χ3v) is 4.86. The average molecular weight is 370 g/mol. The van der Waals surface area contributed by atoms with Crippen molar-refractivity contribution in [3.63, 3.8) is 0 Å². The first-order chi connectivity index (χ1) is 13.3. The van der Waals surface area contributed by atoms with Gasteiger partial charge in [0.25, 0.3) is 0 Å². The smallest absolute Gasteiger partial charge is 0.163 e. The number of hydrogen-bond acceptors (Lipinski definition) is 8. The van der Waals surface area contributed by atoms with E-state index in [0.717, 1.165) is 30.3 Å². The molecular weight excluding hydrogens is 344 g/mol. The van der Waals surface area contributed by atoms with Crippen LogP contribution in [0.25, 0.3) is 0 Å². The highest BCUT2D eigenvalue weighted by molar-refractivity contribution is 5.78. The van der Waals surface area contributed by atoms with E-state index in [1.807, 2.05) is 18.2 Å². The number of likely N-dealkylation sites (tertiary alicyclic amines) is 1. The summed E-state index contributed by atoms with van der Waals surface area (Å²) in [4.78, 5) is 11.0. The minimum atomic E-state index is 0.506. The van der Waals surface area contributed by atoms with Crippen LogP contribution in [0.15, 0.2) is 24.5 Å². The Morgan fingerprint density at radius 1 is 1.00 bits per heavy atom. The Bertz CT molecular complexity index is 779. The van der Waals surface area contributed by atoms with Crippen LogP contribution in [0.5, 0.6) is 11.5 Å². The first kappa shape index (κ1) is 17.7. The highest BCUT2D eigenvalue weighted by Gasteiger charge is 2.14. The van der Waals surface area contributed by atoms with Crippen molar-refractivity contribution in [1.82, 2.24) is 14.9 Å². The Kier molecular flexibility index (Phi) is 5.43. The van der Waals surface area contributed by atoms with E-state index >= 15 is 0 Å². The molecule has 0 atom stereocenters. The molecular formula is C19H26N6O2. The molecule has 144 valence electrons. The lowest BCUT2D eigenvalue weighted by molar-refractivity contribution is 0.171. The standard InChI is InChI=1S/C19H26N6O2/c20-17-18(21-6-9-25-7-2-1-3-8-25)22-13-23-19(17)24-14-4-5-15-16(12-14)27-11-10-26-15/h4-5,12-13H,1-3,6-11,20H2,(H2,21,22,23,24). The number of fused-ring (bicyclic) bond motifs is 1. The van der Waals surface area contributed by atoms with Gasteiger partial charge in [0.15, 0.2) is 23.1 Å². The second-order valence-corrected chi connectivity index (χ2v) is 6.80. The van der Waals surface area contributed by atoms with Crippen molar-refractivity contribution in [3.8, 4) is 11.5 Å². The van der Waals surface area contributed by atoms with Crippen LogP contribution in [0, 0.1) is 0 Å². The number of nitrogens with one attached hydrogen (secondary N) is 2. The first-order valence-corrected chi connectivity index (χ1v) is 9.53. The van der Waals surface area contributed by atoms with Crippen LogP contribution >= 0.6 is 0 Å². The Labute approximate surface area is 159 Å². The maximum Gasteiger partial charge on any atom is 0.163 e. The number of aromatic nitrogens is 2. The summed E-state index contributed by atoms with van der Waals surface area (Å²) in [5.41, 5.74) is 7.61. The number of hydrogen-bond donors (Lipinski definition) is 3. The van der Waals surface area contributed by atoms with Crippen LogP contribution in [-0.2, 0) is 0 Å². The van der Waals surface area contributed by atoms with Crippen LogP contribution < -0.4 is 25.8 Å². The van der Waals surface area contributed by atoms with Gasteiger partial charge >= 0.3 is 0 Å². The van der Waals surface area contributed by atoms with Gasteiger partial charge in [-0.25, -0.2) is 9.97 Å². The van der Waals surface area contributed by atoms with Gasteiger partial charge in [-0.05, 0) is 38.1 Å². The molecule has 8 nitrogen and oxygen atoms in total. The summed E-state index contributed by atoms with van der Waals surface area (Å²) in [6.07, 6.45) is 5.44. The summed E-state index contributed by atoms with van der Waals surface area (Å²) in [7, 11) is 0. The van der Waals surface area contributed by atoms with Crippen LogP contribution in [0.2, 0.25) is 0 Å². The molecule has 0 aliphatic carbocycles. The Hall–Kier alpha value is -2.74. The fourth-order valence-electron chi connectivity index (χ4n) is 3.41. The number of nitrogen functional groups attached to an aromatic ring is 1. The van der Waals surface area contributed by atoms with E-state index in [-0.39, 0.29) is 0 Å². The molecule has 27 heavy (non-hydrogen) atoms. The third kappa shape index (κ3) is 4.33. The molecule has 2 aliphatic rings. The number of benzene rings is 1. The molecule has 0 spiro atoms. The molecule has 8 heteroatoms. The van der Waals surface area contributed by atoms with E-state index in [0.29, 0.717) is 30.5 Å². The number of ether oxygens (including phenoxy) is 2. The van der Waals surface area contributed by atoms with E-state index in [1.54, 1.807) is 0 Å². The molecule has 4 N–H and O–H groups in total. The number of nitrogens with two attached hydrogens (primary N) is 1. The lowest BCUT2D eigenvalue weighted by Gasteiger charge is -2.26. The molecule has 3 heterocycles. The second kappa shape index (κ2) is 8.30. The maximum atomic E-state index is 6.27. The summed E-state index contributed by atoms with van der Waals surface area (Å²) < 4.78 is 11.2. The predicted molar refractivity (Wildman–Crippen MR) is 106 cm³/mol. The van der Waals surface area contributed by atoms with Gasteiger partial charge in [-0.2, -0.15) is 0 Å². The lowest BCUT2D eigenvalue weighted by Crippen LogP contribution is -2.33. The SMILES string of the molecule is Nc1c(NCCN2CCCCC2)ncnc1Nc1ccc2c(c1)OCCO2. The van der Waals surface area contributed by atoms with E-state index in [4.69, 9.17) is 15.2 Å². The molecule has 0 bridgehead atoms. The molecule has 1 fully saturated rings. The van der Waals surface area contributed by atoms with E-state index in [2.05, 4.69) is 25.5 Å². The quantitative estimate of drug-likeness (QED) is 0.713. The fourth-order valence-corrected chi connectivity index (χ4v) is 3.41. The largest absolute Gasteiger partial charge is 0.486 e. The zero-order valence-corrected chi connectivity index (χ0v) is 15.4. The third-order valence-electron chi connectivity index (χ3n) is 4.86. The molecule has 0 amide bonds. The molecule has 2 aromatic rings. The van der Waals surface area contributed by atoms with Gasteiger partial charge in [-0.3, -0.25) is 0 Å². The number of rotatable bonds is 6. The molecule has 1 saturated heterocycles. The number of piperidine rings is 1. The summed E-state index contributed by atoms with van der Waals surface area (Å²) in [6.45, 7) is 5.29. The van der Waals surface area contributed by atoms with Crippen molar-refractivity contribution in [3.05, 3.63) is 24.5 Å². The van der Waals surface area contributed by atoms with Gasteiger partial charge in [0.1, 0.15) is 25.2 Å². The Balaban J connectivity index is 1.39. The van der Waals surface area contributed by atoms with Gasteiger partial charge in [-0.15, -0.1) is 0 Å². The summed E-state index contributed by atoms with van der Waals surface area (Å²) in [6, 6.07) is 5.68. The Morgan fingerprint density at radius 3 is 2.63 bits per heavy atom. The summed E-state index contributed by atoms with van der Waals surface area (Å²) in [5, 5.41) is 6.57. The topological polar surface area (TPSA) is 97.6 Å². The monoisotopic (exact) mass is 370 g/mol. The van der Waals surface area contributed by atoms with Gasteiger partial charge in [0.05, 0.1) is 0 Å². The van der Waals surface area contributed by atoms with Crippen molar-refractivity contribution in [2.75, 3.05) is 55.8 Å². The fraction of sp³-hybridized carbons (Fsp3) is 0.474. The van der Waals surface area contributed by atoms with E-state index < -0.39 is 0 Å². The molecule has 2 aliphatic heterocycles. The van der Waals surface area contributed by atoms with Crippen LogP contribution in [0.1, 0.15) is 19.3 Å². The van der Waals surface area contributed by atoms with E-state index in [1.165, 1.54) is 38.7 Å². The second-order valence-electron chi connectivity index (χ2n) is 6.80. The summed E-state index contributed by atoms with van der Waals surface area (Å²) in [5.74, 6) is 2.70. The van der Waals surface area contributed by atoms with Crippen molar-refractivity contribution in [1.29, 1.82) is 0 Å². The van der Waals surface area contributed by atoms with Crippen molar-refractivity contribution < 1.29 is 9.47 Å². The average Bonchev–Trinajstić information content (AvgIpc) is 2.71. The van der Waals surface area contributed by atoms with E-state index in [9.17, 15) is 0 Å². The van der Waals surface area contributed by atoms with Crippen LogP contribution in [0.3, 0.4) is 0 Å². The molecule has 0 saturated carbocycles. The number of anilines is 4. The molecule has 0 unspecified atom stereocenters. The first-order valence-electron chi connectivity index (χ1n) is 9.53. The van der Waals surface area contributed by atoms with Gasteiger partial charge in [0, 0.05) is 24.8 Å². The molecule has 0 radical (unpaired) electrons. The molecule has 1 aromatic carbocycles. The van der Waals surface area contributed by atoms with Crippen LogP contribution in [-0.4, -0.2) is 54.3 Å². The van der Waals surface area contributed by atoms with Crippen LogP contribution in [0.4, 0.5) is 23.0 Å². The minimum Gasteiger partial charge on any atom is -0.486 e. The molecule has 1 aromatic heterocycles. The lowest BCUT2D eigenvalue weighted by atomic mass is 10.1.